The fourth-order valence-electron chi connectivity index (χ4n) is 1.09. The summed E-state index contributed by atoms with van der Waals surface area (Å²) in [4.78, 5) is 4.01. The highest BCUT2D eigenvalue weighted by Crippen LogP contribution is 2.06. The Balaban J connectivity index is 2.80. The van der Waals surface area contributed by atoms with Gasteiger partial charge in [0.1, 0.15) is 11.8 Å². The first kappa shape index (κ1) is 7.50. The van der Waals surface area contributed by atoms with Crippen molar-refractivity contribution >= 4 is 11.6 Å². The number of hydrogen-bond acceptors (Lipinski definition) is 3. The fourth-order valence-corrected chi connectivity index (χ4v) is 1.09. The van der Waals surface area contributed by atoms with Gasteiger partial charge < -0.3 is 0 Å². The van der Waals surface area contributed by atoms with Gasteiger partial charge in [-0.05, 0) is 18.2 Å². The van der Waals surface area contributed by atoms with Crippen LogP contribution < -0.4 is 0 Å². The number of fused-ring (bicyclic) bond motifs is 1. The Morgan fingerprint density at radius 2 is 2.38 bits per heavy atom. The zero-order valence-corrected chi connectivity index (χ0v) is 6.81. The van der Waals surface area contributed by atoms with E-state index in [1.807, 2.05) is 6.07 Å². The summed E-state index contributed by atoms with van der Waals surface area (Å²) in [5, 5.41) is 12.8. The molecule has 0 aliphatic rings. The number of rotatable bonds is 1. The molecule has 0 atom stereocenters. The molecule has 2 heterocycles. The van der Waals surface area contributed by atoms with Crippen molar-refractivity contribution < 1.29 is 0 Å². The van der Waals surface area contributed by atoms with Crippen LogP contribution in [0.4, 0.5) is 0 Å². The van der Waals surface area contributed by atoms with Crippen molar-refractivity contribution in [2.24, 2.45) is 0 Å². The van der Waals surface area contributed by atoms with Gasteiger partial charge in [0, 0.05) is 0 Å². The van der Waals surface area contributed by atoms with E-state index in [0.717, 1.165) is 5.52 Å². The molecule has 0 saturated heterocycles. The van der Waals surface area contributed by atoms with Crippen LogP contribution in [0.2, 0.25) is 0 Å². The van der Waals surface area contributed by atoms with Crippen molar-refractivity contribution in [1.82, 2.24) is 14.6 Å². The van der Waals surface area contributed by atoms with Crippen molar-refractivity contribution in [2.45, 2.75) is 0 Å². The summed E-state index contributed by atoms with van der Waals surface area (Å²) in [6.45, 7) is 3.56. The van der Waals surface area contributed by atoms with Gasteiger partial charge >= 0.3 is 0 Å². The quantitative estimate of drug-likeness (QED) is 0.647. The van der Waals surface area contributed by atoms with Crippen LogP contribution in [0.25, 0.3) is 11.6 Å². The predicted molar refractivity (Wildman–Crippen MR) is 47.8 cm³/mol. The maximum atomic E-state index is 8.73. The molecule has 0 bridgehead atoms. The molecular weight excluding hydrogens is 164 g/mol. The van der Waals surface area contributed by atoms with Crippen LogP contribution in [0.5, 0.6) is 0 Å². The lowest BCUT2D eigenvalue weighted by Crippen LogP contribution is -1.98. The Morgan fingerprint density at radius 3 is 3.08 bits per heavy atom. The molecule has 0 aliphatic heterocycles. The van der Waals surface area contributed by atoms with Crippen LogP contribution in [0.15, 0.2) is 24.9 Å². The lowest BCUT2D eigenvalue weighted by molar-refractivity contribution is 0.878. The summed E-state index contributed by atoms with van der Waals surface area (Å²) in [5.41, 5.74) is 1.31. The normalized spacial score (nSPS) is 9.77. The van der Waals surface area contributed by atoms with E-state index < -0.39 is 0 Å². The second-order valence-electron chi connectivity index (χ2n) is 2.49. The van der Waals surface area contributed by atoms with Crippen LogP contribution in [0, 0.1) is 11.3 Å². The van der Waals surface area contributed by atoms with E-state index in [4.69, 9.17) is 5.26 Å². The molecule has 0 amide bonds. The first-order valence-electron chi connectivity index (χ1n) is 3.72. The average Bonchev–Trinajstić information content (AvgIpc) is 2.59. The number of nitrogens with zero attached hydrogens (tertiary/aromatic N) is 4. The van der Waals surface area contributed by atoms with E-state index in [-0.39, 0.29) is 0 Å². The molecule has 0 saturated carbocycles. The number of aromatic nitrogens is 3. The molecule has 13 heavy (non-hydrogen) atoms. The van der Waals surface area contributed by atoms with E-state index in [1.165, 1.54) is 0 Å². The van der Waals surface area contributed by atoms with E-state index in [1.54, 1.807) is 28.9 Å². The van der Waals surface area contributed by atoms with Crippen LogP contribution >= 0.6 is 0 Å². The third kappa shape index (κ3) is 1.07. The molecule has 0 N–H and O–H groups in total. The molecule has 4 nitrogen and oxygen atoms in total. The van der Waals surface area contributed by atoms with Gasteiger partial charge in [-0.2, -0.15) is 5.26 Å². The largest absolute Gasteiger partial charge is 0.233 e. The molecular formula is C9H6N4. The topological polar surface area (TPSA) is 54.0 Å². The van der Waals surface area contributed by atoms with E-state index in [0.29, 0.717) is 11.5 Å². The monoisotopic (exact) mass is 170 g/mol. The summed E-state index contributed by atoms with van der Waals surface area (Å²) >= 11 is 0. The molecule has 4 heteroatoms. The molecule has 2 aromatic heterocycles. The van der Waals surface area contributed by atoms with Gasteiger partial charge in [0.25, 0.3) is 0 Å². The Kier molecular flexibility index (Phi) is 1.57. The molecule has 0 aromatic carbocycles. The van der Waals surface area contributed by atoms with Crippen molar-refractivity contribution in [2.75, 3.05) is 0 Å². The fraction of sp³-hybridized carbons (Fsp3) is 0. The van der Waals surface area contributed by atoms with Crippen LogP contribution in [0.3, 0.4) is 0 Å². The third-order valence-electron chi connectivity index (χ3n) is 1.71. The van der Waals surface area contributed by atoms with Gasteiger partial charge in [0.05, 0.1) is 11.7 Å². The van der Waals surface area contributed by atoms with Crippen molar-refractivity contribution in [1.29, 1.82) is 5.26 Å². The average molecular weight is 170 g/mol. The predicted octanol–water partition coefficient (Wildman–Crippen LogP) is 1.24. The summed E-state index contributed by atoms with van der Waals surface area (Å²) in [5.74, 6) is 0.514. The highest BCUT2D eigenvalue weighted by atomic mass is 15.2. The van der Waals surface area contributed by atoms with Crippen LogP contribution in [-0.4, -0.2) is 14.6 Å². The zero-order valence-electron chi connectivity index (χ0n) is 6.81. The molecule has 0 unspecified atom stereocenters. The Hall–Kier alpha value is -2.15. The van der Waals surface area contributed by atoms with E-state index in [9.17, 15) is 0 Å². The number of nitriles is 1. The van der Waals surface area contributed by atoms with Gasteiger partial charge in [-0.1, -0.05) is 6.58 Å². The lowest BCUT2D eigenvalue weighted by Gasteiger charge is -1.95. The molecule has 0 spiro atoms. The molecule has 62 valence electrons. The minimum absolute atomic E-state index is 0.500. The van der Waals surface area contributed by atoms with E-state index in [2.05, 4.69) is 16.7 Å². The zero-order chi connectivity index (χ0) is 9.26. The Morgan fingerprint density at radius 1 is 1.54 bits per heavy atom. The first-order valence-corrected chi connectivity index (χ1v) is 3.72. The lowest BCUT2D eigenvalue weighted by atomic mass is 10.5. The highest BCUT2D eigenvalue weighted by molar-refractivity contribution is 5.50. The molecule has 2 rings (SSSR count). The van der Waals surface area contributed by atoms with E-state index >= 15 is 0 Å². The van der Waals surface area contributed by atoms with Crippen molar-refractivity contribution in [3.63, 3.8) is 0 Å². The SMILES string of the molecule is C=Cc1ncc2ccc(C#N)n2n1. The van der Waals surface area contributed by atoms with Gasteiger partial charge in [0.2, 0.25) is 0 Å². The Bertz CT molecular complexity index is 504. The molecule has 0 radical (unpaired) electrons. The second kappa shape index (κ2) is 2.72. The summed E-state index contributed by atoms with van der Waals surface area (Å²) in [7, 11) is 0. The van der Waals surface area contributed by atoms with Crippen LogP contribution in [-0.2, 0) is 0 Å². The maximum Gasteiger partial charge on any atom is 0.172 e. The molecule has 2 aromatic rings. The van der Waals surface area contributed by atoms with Gasteiger partial charge in [-0.3, -0.25) is 0 Å². The molecule has 0 fully saturated rings. The minimum atomic E-state index is 0.500. The van der Waals surface area contributed by atoms with Gasteiger partial charge in [-0.15, -0.1) is 5.10 Å². The summed E-state index contributed by atoms with van der Waals surface area (Å²) < 4.78 is 1.55. The van der Waals surface area contributed by atoms with Crippen LogP contribution in [0.1, 0.15) is 11.5 Å². The molecule has 0 aliphatic carbocycles. The highest BCUT2D eigenvalue weighted by Gasteiger charge is 2.01. The summed E-state index contributed by atoms with van der Waals surface area (Å²) in [6, 6.07) is 5.54. The Labute approximate surface area is 74.8 Å². The second-order valence-corrected chi connectivity index (χ2v) is 2.49. The minimum Gasteiger partial charge on any atom is -0.233 e. The number of hydrogen-bond donors (Lipinski definition) is 0. The van der Waals surface area contributed by atoms with Gasteiger partial charge in [-0.25, -0.2) is 9.50 Å². The first-order chi connectivity index (χ1) is 6.35. The van der Waals surface area contributed by atoms with Crippen molar-refractivity contribution in [3.05, 3.63) is 36.4 Å². The summed E-state index contributed by atoms with van der Waals surface area (Å²) in [6.07, 6.45) is 3.20. The third-order valence-corrected chi connectivity index (χ3v) is 1.71. The van der Waals surface area contributed by atoms with Crippen molar-refractivity contribution in [3.8, 4) is 6.07 Å². The maximum absolute atomic E-state index is 8.73. The van der Waals surface area contributed by atoms with Gasteiger partial charge in [0.15, 0.2) is 5.82 Å². The smallest absolute Gasteiger partial charge is 0.172 e. The standard InChI is InChI=1S/C9H6N4/c1-2-9-11-6-8-4-3-7(5-10)13(8)12-9/h2-4,6H,1H2.